The van der Waals surface area contributed by atoms with Crippen LogP contribution in [0, 0.1) is 5.82 Å². The number of benzene rings is 1. The number of carbonyl (C=O) groups is 1. The van der Waals surface area contributed by atoms with E-state index in [1.165, 1.54) is 12.1 Å². The fraction of sp³-hybridized carbons (Fsp3) is 0.476. The molecule has 2 aromatic rings. The average Bonchev–Trinajstić information content (AvgIpc) is 2.73. The van der Waals surface area contributed by atoms with Gasteiger partial charge in [0.1, 0.15) is 5.82 Å². The lowest BCUT2D eigenvalue weighted by Crippen LogP contribution is -2.46. The first-order chi connectivity index (χ1) is 13.9. The lowest BCUT2D eigenvalue weighted by Gasteiger charge is -2.37. The summed E-state index contributed by atoms with van der Waals surface area (Å²) in [5.41, 5.74) is 1.96. The first-order valence-corrected chi connectivity index (χ1v) is 9.97. The van der Waals surface area contributed by atoms with E-state index in [2.05, 4.69) is 32.2 Å². The summed E-state index contributed by atoms with van der Waals surface area (Å²) in [4.78, 5) is 19.1. The van der Waals surface area contributed by atoms with Gasteiger partial charge in [-0.15, -0.1) is 10.2 Å². The van der Waals surface area contributed by atoms with Crippen molar-refractivity contribution in [1.29, 1.82) is 0 Å². The van der Waals surface area contributed by atoms with Crippen LogP contribution in [0.1, 0.15) is 35.9 Å². The molecule has 0 aliphatic carbocycles. The highest BCUT2D eigenvalue weighted by Crippen LogP contribution is 2.28. The van der Waals surface area contributed by atoms with Crippen molar-refractivity contribution in [3.05, 3.63) is 47.4 Å². The van der Waals surface area contributed by atoms with E-state index in [-0.39, 0.29) is 23.5 Å². The van der Waals surface area contributed by atoms with Crippen molar-refractivity contribution in [2.24, 2.45) is 0 Å². The van der Waals surface area contributed by atoms with Gasteiger partial charge in [-0.05, 0) is 43.8 Å². The highest BCUT2D eigenvalue weighted by Gasteiger charge is 2.22. The van der Waals surface area contributed by atoms with Crippen LogP contribution in [0.5, 0.6) is 0 Å². The second kappa shape index (κ2) is 9.17. The van der Waals surface area contributed by atoms with Crippen molar-refractivity contribution in [3.8, 4) is 0 Å². The minimum Gasteiger partial charge on any atom is -0.369 e. The van der Waals surface area contributed by atoms with Crippen LogP contribution in [0.4, 0.5) is 15.9 Å². The number of rotatable bonds is 6. The van der Waals surface area contributed by atoms with Gasteiger partial charge in [-0.2, -0.15) is 0 Å². The molecule has 1 N–H and O–H groups in total. The monoisotopic (exact) mass is 400 g/mol. The Morgan fingerprint density at radius 1 is 1.17 bits per heavy atom. The van der Waals surface area contributed by atoms with Crippen LogP contribution in [0.25, 0.3) is 0 Å². The van der Waals surface area contributed by atoms with Crippen molar-refractivity contribution >= 4 is 17.4 Å². The number of likely N-dealkylation sites (N-methyl/N-ethyl adjacent to an activating group) is 1. The molecule has 1 unspecified atom stereocenters. The van der Waals surface area contributed by atoms with Gasteiger partial charge in [-0.1, -0.05) is 6.92 Å². The lowest BCUT2D eigenvalue weighted by atomic mass is 10.0. The van der Waals surface area contributed by atoms with Crippen LogP contribution < -0.4 is 15.1 Å². The van der Waals surface area contributed by atoms with E-state index in [9.17, 15) is 9.18 Å². The third-order valence-corrected chi connectivity index (χ3v) is 5.31. The van der Waals surface area contributed by atoms with Crippen molar-refractivity contribution < 1.29 is 9.18 Å². The first kappa shape index (κ1) is 21.0. The molecule has 1 aliphatic heterocycles. The third-order valence-electron chi connectivity index (χ3n) is 5.31. The molecular weight excluding hydrogens is 371 g/mol. The van der Waals surface area contributed by atoms with Crippen LogP contribution in [0.15, 0.2) is 30.3 Å². The minimum atomic E-state index is -0.368. The number of nitrogens with one attached hydrogen (secondary N) is 1. The van der Waals surface area contributed by atoms with Gasteiger partial charge in [0.05, 0.1) is 6.04 Å². The lowest BCUT2D eigenvalue weighted by molar-refractivity contribution is 0.0934. The summed E-state index contributed by atoms with van der Waals surface area (Å²) < 4.78 is 14.0. The third kappa shape index (κ3) is 5.00. The van der Waals surface area contributed by atoms with Crippen LogP contribution in [-0.4, -0.2) is 67.8 Å². The van der Waals surface area contributed by atoms with E-state index < -0.39 is 0 Å². The largest absolute Gasteiger partial charge is 0.369 e. The van der Waals surface area contributed by atoms with Gasteiger partial charge in [0.2, 0.25) is 0 Å². The van der Waals surface area contributed by atoms with Crippen LogP contribution >= 0.6 is 0 Å². The molecule has 8 heteroatoms. The molecule has 1 aromatic heterocycles. The molecule has 0 saturated carbocycles. The standard InChI is InChI=1S/C21H29FN6O/c1-5-27-10-12-28(13-11-27)19-8-6-16(22)14-17(19)15(2)23-21(29)18-7-9-20(25-24-18)26(3)4/h6-9,14-15H,5,10-13H2,1-4H3,(H,23,29). The van der Waals surface area contributed by atoms with Crippen molar-refractivity contribution in [3.63, 3.8) is 0 Å². The fourth-order valence-corrected chi connectivity index (χ4v) is 3.50. The normalized spacial score (nSPS) is 15.8. The average molecular weight is 401 g/mol. The molecule has 0 bridgehead atoms. The number of hydrogen-bond acceptors (Lipinski definition) is 6. The number of nitrogens with zero attached hydrogens (tertiary/aromatic N) is 5. The topological polar surface area (TPSA) is 64.6 Å². The minimum absolute atomic E-state index is 0.233. The maximum atomic E-state index is 14.0. The Hall–Kier alpha value is -2.74. The van der Waals surface area contributed by atoms with Crippen molar-refractivity contribution in [1.82, 2.24) is 20.4 Å². The van der Waals surface area contributed by atoms with Crippen LogP contribution in [-0.2, 0) is 0 Å². The molecule has 1 atom stereocenters. The first-order valence-electron chi connectivity index (χ1n) is 9.97. The number of aromatic nitrogens is 2. The Labute approximate surface area is 171 Å². The quantitative estimate of drug-likeness (QED) is 0.803. The van der Waals surface area contributed by atoms with E-state index in [1.54, 1.807) is 18.2 Å². The number of piperazine rings is 1. The Bertz CT molecular complexity index is 834. The maximum absolute atomic E-state index is 14.0. The predicted molar refractivity (Wildman–Crippen MR) is 113 cm³/mol. The van der Waals surface area contributed by atoms with Crippen LogP contribution in [0.2, 0.25) is 0 Å². The Morgan fingerprint density at radius 2 is 1.90 bits per heavy atom. The SMILES string of the molecule is CCN1CCN(c2ccc(F)cc2C(C)NC(=O)c2ccc(N(C)C)nn2)CC1. The fourth-order valence-electron chi connectivity index (χ4n) is 3.50. The summed E-state index contributed by atoms with van der Waals surface area (Å²) in [6.45, 7) is 8.76. The molecule has 3 rings (SSSR count). The highest BCUT2D eigenvalue weighted by atomic mass is 19.1. The van der Waals surface area contributed by atoms with E-state index in [4.69, 9.17) is 0 Å². The van der Waals surface area contributed by atoms with Gasteiger partial charge in [-0.3, -0.25) is 4.79 Å². The number of hydrogen-bond donors (Lipinski definition) is 1. The summed E-state index contributed by atoms with van der Waals surface area (Å²) in [5.74, 6) is 0.0294. The zero-order chi connectivity index (χ0) is 21.0. The van der Waals surface area contributed by atoms with Crippen molar-refractivity contribution in [2.45, 2.75) is 19.9 Å². The second-order valence-corrected chi connectivity index (χ2v) is 7.49. The van der Waals surface area contributed by atoms with Gasteiger partial charge < -0.3 is 20.0 Å². The summed E-state index contributed by atoms with van der Waals surface area (Å²) in [6.07, 6.45) is 0. The number of halogens is 1. The molecule has 7 nitrogen and oxygen atoms in total. The molecule has 1 amide bonds. The zero-order valence-corrected chi connectivity index (χ0v) is 17.5. The summed E-state index contributed by atoms with van der Waals surface area (Å²) in [6, 6.07) is 7.81. The molecule has 2 heterocycles. The van der Waals surface area contributed by atoms with Gasteiger partial charge in [0.15, 0.2) is 11.5 Å². The second-order valence-electron chi connectivity index (χ2n) is 7.49. The van der Waals surface area contributed by atoms with Gasteiger partial charge in [0, 0.05) is 51.5 Å². The number of anilines is 2. The molecule has 156 valence electrons. The summed E-state index contributed by atoms with van der Waals surface area (Å²) in [5, 5.41) is 11.0. The van der Waals surface area contributed by atoms with Crippen LogP contribution in [0.3, 0.4) is 0 Å². The molecule has 29 heavy (non-hydrogen) atoms. The Balaban J connectivity index is 1.75. The maximum Gasteiger partial charge on any atom is 0.272 e. The predicted octanol–water partition coefficient (Wildman–Crippen LogP) is 2.31. The Morgan fingerprint density at radius 3 is 2.48 bits per heavy atom. The molecule has 1 aliphatic rings. The molecule has 1 saturated heterocycles. The number of amides is 1. The molecular formula is C21H29FN6O. The van der Waals surface area contributed by atoms with E-state index in [0.29, 0.717) is 5.82 Å². The molecule has 1 fully saturated rings. The van der Waals surface area contributed by atoms with Gasteiger partial charge >= 0.3 is 0 Å². The number of carbonyl (C=O) groups excluding carboxylic acids is 1. The molecule has 0 spiro atoms. The van der Waals surface area contributed by atoms with E-state index in [0.717, 1.165) is 44.0 Å². The van der Waals surface area contributed by atoms with E-state index >= 15 is 0 Å². The van der Waals surface area contributed by atoms with E-state index in [1.807, 2.05) is 25.9 Å². The highest BCUT2D eigenvalue weighted by molar-refractivity contribution is 5.92. The smallest absolute Gasteiger partial charge is 0.272 e. The molecule has 0 radical (unpaired) electrons. The summed E-state index contributed by atoms with van der Waals surface area (Å²) >= 11 is 0. The molecule has 1 aromatic carbocycles. The summed E-state index contributed by atoms with van der Waals surface area (Å²) in [7, 11) is 3.72. The van der Waals surface area contributed by atoms with Gasteiger partial charge in [-0.25, -0.2) is 4.39 Å². The van der Waals surface area contributed by atoms with Crippen molar-refractivity contribution in [2.75, 3.05) is 56.6 Å². The van der Waals surface area contributed by atoms with Gasteiger partial charge in [0.25, 0.3) is 5.91 Å². The zero-order valence-electron chi connectivity index (χ0n) is 17.5. The Kier molecular flexibility index (Phi) is 6.64.